The summed E-state index contributed by atoms with van der Waals surface area (Å²) in [7, 11) is 0. The van der Waals surface area contributed by atoms with E-state index in [-0.39, 0.29) is 5.76 Å². The van der Waals surface area contributed by atoms with Crippen molar-refractivity contribution in [2.45, 2.75) is 13.8 Å². The van der Waals surface area contributed by atoms with Gasteiger partial charge >= 0.3 is 5.91 Å². The molecule has 0 aliphatic carbocycles. The van der Waals surface area contributed by atoms with Crippen LogP contribution < -0.4 is 5.43 Å². The Morgan fingerprint density at radius 2 is 1.93 bits per heavy atom. The smallest absolute Gasteiger partial charge is 0.307 e. The van der Waals surface area contributed by atoms with E-state index in [0.29, 0.717) is 11.1 Å². The predicted molar refractivity (Wildman–Crippen MR) is 119 cm³/mol. The van der Waals surface area contributed by atoms with Crippen LogP contribution in [-0.2, 0) is 0 Å². The number of nitrogens with one attached hydrogen (secondary N) is 1. The highest BCUT2D eigenvalue weighted by molar-refractivity contribution is 9.10. The molecule has 0 fully saturated rings. The van der Waals surface area contributed by atoms with Crippen LogP contribution in [0.15, 0.2) is 68.6 Å². The van der Waals surface area contributed by atoms with E-state index < -0.39 is 5.91 Å². The summed E-state index contributed by atoms with van der Waals surface area (Å²) < 4.78 is 8.56. The fourth-order valence-electron chi connectivity index (χ4n) is 3.34. The number of benzene rings is 2. The van der Waals surface area contributed by atoms with Crippen molar-refractivity contribution in [1.82, 2.24) is 9.99 Å². The van der Waals surface area contributed by atoms with Gasteiger partial charge in [0.15, 0.2) is 5.76 Å². The van der Waals surface area contributed by atoms with Crippen LogP contribution in [0.1, 0.15) is 33.1 Å². The van der Waals surface area contributed by atoms with Crippen LogP contribution in [0.5, 0.6) is 0 Å². The molecular formula is C23H17BrN4O2. The number of nitrogens with zero attached hydrogens (tertiary/aromatic N) is 3. The number of aromatic nitrogens is 1. The molecule has 7 heteroatoms. The Bertz CT molecular complexity index is 1320. The van der Waals surface area contributed by atoms with Crippen molar-refractivity contribution in [3.05, 3.63) is 87.3 Å². The largest absolute Gasteiger partial charge is 0.451 e. The lowest BCUT2D eigenvalue weighted by Gasteiger charge is -2.09. The van der Waals surface area contributed by atoms with Gasteiger partial charge in [-0.05, 0) is 68.4 Å². The van der Waals surface area contributed by atoms with Crippen LogP contribution in [0.2, 0.25) is 0 Å². The maximum Gasteiger partial charge on any atom is 0.307 e. The van der Waals surface area contributed by atoms with Crippen LogP contribution in [0.3, 0.4) is 0 Å². The number of hydrogen-bond acceptors (Lipinski definition) is 4. The first-order chi connectivity index (χ1) is 14.5. The number of furan rings is 1. The quantitative estimate of drug-likeness (QED) is 0.333. The number of fused-ring (bicyclic) bond motifs is 1. The summed E-state index contributed by atoms with van der Waals surface area (Å²) >= 11 is 3.40. The van der Waals surface area contributed by atoms with Crippen LogP contribution in [0, 0.1) is 25.2 Å². The van der Waals surface area contributed by atoms with Gasteiger partial charge in [-0.1, -0.05) is 15.9 Å². The third-order valence-corrected chi connectivity index (χ3v) is 5.29. The number of amides is 1. The molecule has 0 radical (unpaired) electrons. The number of carbonyl (C=O) groups excluding carboxylic acids is 1. The van der Waals surface area contributed by atoms with Gasteiger partial charge in [0.1, 0.15) is 5.58 Å². The molecule has 0 saturated carbocycles. The topological polar surface area (TPSA) is 83.3 Å². The summed E-state index contributed by atoms with van der Waals surface area (Å²) in [5, 5.41) is 13.9. The zero-order valence-corrected chi connectivity index (χ0v) is 17.9. The minimum atomic E-state index is -0.417. The molecule has 2 heterocycles. The third kappa shape index (κ3) is 3.78. The zero-order chi connectivity index (χ0) is 21.3. The molecule has 30 heavy (non-hydrogen) atoms. The van der Waals surface area contributed by atoms with E-state index >= 15 is 0 Å². The Kier molecular flexibility index (Phi) is 5.25. The highest BCUT2D eigenvalue weighted by atomic mass is 79.9. The maximum atomic E-state index is 12.4. The normalized spacial score (nSPS) is 11.1. The number of aryl methyl sites for hydroxylation is 1. The van der Waals surface area contributed by atoms with Crippen LogP contribution in [0.4, 0.5) is 0 Å². The Hall–Kier alpha value is -3.63. The molecule has 0 saturated heterocycles. The second-order valence-electron chi connectivity index (χ2n) is 6.81. The van der Waals surface area contributed by atoms with Gasteiger partial charge in [0.05, 0.1) is 17.8 Å². The van der Waals surface area contributed by atoms with Crippen molar-refractivity contribution in [3.8, 4) is 11.8 Å². The van der Waals surface area contributed by atoms with Crippen molar-refractivity contribution >= 4 is 39.0 Å². The van der Waals surface area contributed by atoms with E-state index in [2.05, 4.69) is 37.1 Å². The first-order valence-corrected chi connectivity index (χ1v) is 9.97. The van der Waals surface area contributed by atoms with E-state index in [1.54, 1.807) is 30.5 Å². The predicted octanol–water partition coefficient (Wildman–Crippen LogP) is 5.24. The average molecular weight is 461 g/mol. The standard InChI is InChI=1S/C23H17BrN4O2/c1-14-9-18(15(2)28(14)20-6-3-16(12-25)4-7-20)13-26-27-23(29)22-11-17-10-19(24)5-8-21(17)30-22/h3-11,13H,1-2H3,(H,27,29)/b26-13+. The number of hydrazone groups is 1. The molecule has 1 N–H and O–H groups in total. The van der Waals surface area contributed by atoms with E-state index in [4.69, 9.17) is 9.68 Å². The van der Waals surface area contributed by atoms with E-state index in [0.717, 1.165) is 32.5 Å². The number of hydrogen-bond donors (Lipinski definition) is 1. The van der Waals surface area contributed by atoms with Gasteiger partial charge in [-0.25, -0.2) is 5.43 Å². The number of rotatable bonds is 4. The molecule has 0 unspecified atom stereocenters. The van der Waals surface area contributed by atoms with Crippen molar-refractivity contribution < 1.29 is 9.21 Å². The molecular weight excluding hydrogens is 444 g/mol. The minimum Gasteiger partial charge on any atom is -0.451 e. The molecule has 0 atom stereocenters. The maximum absolute atomic E-state index is 12.4. The van der Waals surface area contributed by atoms with Gasteiger partial charge in [0.25, 0.3) is 0 Å². The molecule has 2 aromatic heterocycles. The van der Waals surface area contributed by atoms with Crippen LogP contribution >= 0.6 is 15.9 Å². The lowest BCUT2D eigenvalue weighted by atomic mass is 10.2. The fourth-order valence-corrected chi connectivity index (χ4v) is 3.72. The van der Waals surface area contributed by atoms with Crippen molar-refractivity contribution in [2.24, 2.45) is 5.10 Å². The molecule has 0 aliphatic rings. The molecule has 0 bridgehead atoms. The van der Waals surface area contributed by atoms with Gasteiger partial charge < -0.3 is 8.98 Å². The van der Waals surface area contributed by atoms with Gasteiger partial charge in [0, 0.05) is 32.5 Å². The SMILES string of the molecule is Cc1cc(/C=N/NC(=O)c2cc3cc(Br)ccc3o2)c(C)n1-c1ccc(C#N)cc1. The Morgan fingerprint density at radius 3 is 2.67 bits per heavy atom. The molecule has 4 aromatic rings. The zero-order valence-electron chi connectivity index (χ0n) is 16.3. The molecule has 1 amide bonds. The van der Waals surface area contributed by atoms with E-state index in [9.17, 15) is 4.79 Å². The second-order valence-corrected chi connectivity index (χ2v) is 7.73. The molecule has 148 valence electrons. The summed E-state index contributed by atoms with van der Waals surface area (Å²) in [5.41, 5.74) is 7.60. The van der Waals surface area contributed by atoms with Gasteiger partial charge in [-0.2, -0.15) is 10.4 Å². The Morgan fingerprint density at radius 1 is 1.17 bits per heavy atom. The Balaban J connectivity index is 1.52. The summed E-state index contributed by atoms with van der Waals surface area (Å²) in [6.45, 7) is 3.97. The molecule has 6 nitrogen and oxygen atoms in total. The lowest BCUT2D eigenvalue weighted by molar-refractivity contribution is 0.0929. The first-order valence-electron chi connectivity index (χ1n) is 9.18. The van der Waals surface area contributed by atoms with E-state index in [1.807, 2.05) is 44.2 Å². The summed E-state index contributed by atoms with van der Waals surface area (Å²) in [4.78, 5) is 12.4. The number of nitriles is 1. The van der Waals surface area contributed by atoms with Crippen LogP contribution in [-0.4, -0.2) is 16.7 Å². The molecule has 0 aliphatic heterocycles. The fraction of sp³-hybridized carbons (Fsp3) is 0.0870. The summed E-state index contributed by atoms with van der Waals surface area (Å²) in [5.74, 6) is -0.220. The number of halogens is 1. The lowest BCUT2D eigenvalue weighted by Crippen LogP contribution is -2.16. The van der Waals surface area contributed by atoms with Crippen molar-refractivity contribution in [1.29, 1.82) is 5.26 Å². The second kappa shape index (κ2) is 8.01. The Labute approximate surface area is 181 Å². The van der Waals surface area contributed by atoms with Crippen molar-refractivity contribution in [3.63, 3.8) is 0 Å². The summed E-state index contributed by atoms with van der Waals surface area (Å²) in [6, 6.07) is 18.7. The molecule has 0 spiro atoms. The monoisotopic (exact) mass is 460 g/mol. The van der Waals surface area contributed by atoms with E-state index in [1.165, 1.54) is 0 Å². The first kappa shape index (κ1) is 19.7. The highest BCUT2D eigenvalue weighted by Crippen LogP contribution is 2.23. The summed E-state index contributed by atoms with van der Waals surface area (Å²) in [6.07, 6.45) is 1.61. The third-order valence-electron chi connectivity index (χ3n) is 4.80. The molecule has 2 aromatic carbocycles. The highest BCUT2D eigenvalue weighted by Gasteiger charge is 2.13. The van der Waals surface area contributed by atoms with Crippen LogP contribution in [0.25, 0.3) is 16.7 Å². The van der Waals surface area contributed by atoms with Crippen molar-refractivity contribution in [2.75, 3.05) is 0 Å². The van der Waals surface area contributed by atoms with Gasteiger partial charge in [-0.3, -0.25) is 4.79 Å². The number of carbonyl (C=O) groups is 1. The van der Waals surface area contributed by atoms with Gasteiger partial charge in [-0.15, -0.1) is 0 Å². The molecule has 4 rings (SSSR count). The average Bonchev–Trinajstić information content (AvgIpc) is 3.28. The van der Waals surface area contributed by atoms with Gasteiger partial charge in [0.2, 0.25) is 0 Å². The minimum absolute atomic E-state index is 0.198.